The molecular formula is C32H36N4O6. The maximum absolute atomic E-state index is 13.8. The van der Waals surface area contributed by atoms with Crippen LogP contribution in [0.5, 0.6) is 5.75 Å². The average Bonchev–Trinajstić information content (AvgIpc) is 3.00. The summed E-state index contributed by atoms with van der Waals surface area (Å²) in [7, 11) is 1.63. The number of hydrogen-bond donors (Lipinski definition) is 3. The van der Waals surface area contributed by atoms with Gasteiger partial charge in [0.25, 0.3) is 5.91 Å². The molecule has 4 amide bonds. The first-order chi connectivity index (χ1) is 20.4. The molecule has 3 aromatic rings. The summed E-state index contributed by atoms with van der Waals surface area (Å²) in [4.78, 5) is 57.1. The van der Waals surface area contributed by atoms with Crippen molar-refractivity contribution in [2.24, 2.45) is 0 Å². The van der Waals surface area contributed by atoms with Gasteiger partial charge in [-0.1, -0.05) is 72.8 Å². The van der Waals surface area contributed by atoms with Crippen LogP contribution in [0.1, 0.15) is 27.9 Å². The Bertz CT molecular complexity index is 1370. The molecule has 0 saturated carbocycles. The fourth-order valence-electron chi connectivity index (χ4n) is 4.79. The number of hydrogen-bond acceptors (Lipinski definition) is 6. The number of benzene rings is 3. The van der Waals surface area contributed by atoms with Crippen LogP contribution in [0.4, 0.5) is 0 Å². The molecule has 0 fully saturated rings. The lowest BCUT2D eigenvalue weighted by atomic mass is 10.0. The fraction of sp³-hybridized carbons (Fsp3) is 0.312. The van der Waals surface area contributed by atoms with E-state index >= 15 is 0 Å². The van der Waals surface area contributed by atoms with Gasteiger partial charge in [-0.25, -0.2) is 0 Å². The Hall–Kier alpha value is -4.70. The molecule has 0 spiro atoms. The molecule has 0 aromatic heterocycles. The molecule has 2 atom stereocenters. The van der Waals surface area contributed by atoms with Crippen LogP contribution in [0, 0.1) is 0 Å². The highest BCUT2D eigenvalue weighted by molar-refractivity contribution is 6.01. The number of aliphatic hydroxyl groups is 1. The number of fused-ring (bicyclic) bond motifs is 1. The van der Waals surface area contributed by atoms with Gasteiger partial charge in [0.2, 0.25) is 17.7 Å². The molecule has 4 rings (SSSR count). The summed E-state index contributed by atoms with van der Waals surface area (Å²) in [6.45, 7) is 0.214. The van der Waals surface area contributed by atoms with Crippen molar-refractivity contribution in [3.8, 4) is 5.75 Å². The summed E-state index contributed by atoms with van der Waals surface area (Å²) in [5.41, 5.74) is 1.88. The first-order valence-corrected chi connectivity index (χ1v) is 13.9. The lowest BCUT2D eigenvalue weighted by molar-refractivity contribution is -0.138. The number of para-hydroxylation sites is 1. The molecule has 0 bridgehead atoms. The minimum atomic E-state index is -1.27. The van der Waals surface area contributed by atoms with Gasteiger partial charge in [-0.2, -0.15) is 0 Å². The van der Waals surface area contributed by atoms with Gasteiger partial charge < -0.3 is 30.3 Å². The summed E-state index contributed by atoms with van der Waals surface area (Å²) in [6.07, 6.45) is -0.165. The molecule has 0 unspecified atom stereocenters. The second kappa shape index (κ2) is 14.8. The first kappa shape index (κ1) is 30.3. The minimum Gasteiger partial charge on any atom is -0.491 e. The monoisotopic (exact) mass is 572 g/mol. The number of nitrogens with zero attached hydrogens (tertiary/aromatic N) is 2. The van der Waals surface area contributed by atoms with Gasteiger partial charge in [-0.3, -0.25) is 19.2 Å². The number of aliphatic hydroxyl groups excluding tert-OH is 1. The molecule has 1 aliphatic rings. The molecule has 10 heteroatoms. The lowest BCUT2D eigenvalue weighted by Gasteiger charge is -2.29. The zero-order chi connectivity index (χ0) is 29.9. The molecule has 220 valence electrons. The van der Waals surface area contributed by atoms with E-state index in [9.17, 15) is 24.3 Å². The Morgan fingerprint density at radius 3 is 2.26 bits per heavy atom. The van der Waals surface area contributed by atoms with Gasteiger partial charge in [0.05, 0.1) is 25.1 Å². The van der Waals surface area contributed by atoms with Crippen LogP contribution in [0.15, 0.2) is 84.9 Å². The third-order valence-electron chi connectivity index (χ3n) is 7.00. The predicted molar refractivity (Wildman–Crippen MR) is 156 cm³/mol. The van der Waals surface area contributed by atoms with Crippen molar-refractivity contribution < 1.29 is 29.0 Å². The number of likely N-dealkylation sites (N-methyl/N-ethyl adjacent to an activating group) is 1. The van der Waals surface area contributed by atoms with Gasteiger partial charge in [0, 0.05) is 26.6 Å². The van der Waals surface area contributed by atoms with Gasteiger partial charge in [0.1, 0.15) is 24.4 Å². The summed E-state index contributed by atoms with van der Waals surface area (Å²) in [5, 5.41) is 15.2. The summed E-state index contributed by atoms with van der Waals surface area (Å²) in [5.74, 6) is -1.70. The van der Waals surface area contributed by atoms with E-state index in [0.29, 0.717) is 5.75 Å². The molecule has 3 N–H and O–H groups in total. The number of carbonyl (C=O) groups is 4. The van der Waals surface area contributed by atoms with Gasteiger partial charge in [-0.15, -0.1) is 0 Å². The largest absolute Gasteiger partial charge is 0.491 e. The van der Waals surface area contributed by atoms with Crippen LogP contribution in [0.2, 0.25) is 0 Å². The highest BCUT2D eigenvalue weighted by Crippen LogP contribution is 2.19. The predicted octanol–water partition coefficient (Wildman–Crippen LogP) is 1.77. The standard InChI is InChI=1S/C32H36N4O6/c1-35-17-19-42-28-15-9-8-14-25(28)30(39)34-27(32(41)36(16-18-37)22-24-12-6-3-7-13-24)21-29(38)33-26(31(35)40)20-23-10-4-2-5-11-23/h2-15,26-27,37H,16-22H2,1H3,(H,33,38)(H,34,39)/t26-,27-/m0/s1. The van der Waals surface area contributed by atoms with Crippen LogP contribution in [0.25, 0.3) is 0 Å². The third kappa shape index (κ3) is 8.17. The smallest absolute Gasteiger partial charge is 0.255 e. The average molecular weight is 573 g/mol. The van der Waals surface area contributed by atoms with Crippen molar-refractivity contribution >= 4 is 23.6 Å². The Labute approximate surface area is 245 Å². The SMILES string of the molecule is CN1CCOc2ccccc2C(=O)N[C@H](C(=O)N(CCO)Cc2ccccc2)CC(=O)N[C@@H](Cc2ccccc2)C1=O. The molecule has 0 aliphatic carbocycles. The Morgan fingerprint density at radius 2 is 1.57 bits per heavy atom. The molecule has 10 nitrogen and oxygen atoms in total. The topological polar surface area (TPSA) is 128 Å². The van der Waals surface area contributed by atoms with Crippen LogP contribution in [0.3, 0.4) is 0 Å². The number of ether oxygens (including phenoxy) is 1. The maximum Gasteiger partial charge on any atom is 0.255 e. The maximum atomic E-state index is 13.8. The zero-order valence-electron chi connectivity index (χ0n) is 23.6. The summed E-state index contributed by atoms with van der Waals surface area (Å²) < 4.78 is 5.89. The highest BCUT2D eigenvalue weighted by atomic mass is 16.5. The van der Waals surface area contributed by atoms with E-state index in [1.165, 1.54) is 9.80 Å². The van der Waals surface area contributed by atoms with Gasteiger partial charge in [-0.05, 0) is 23.3 Å². The number of rotatable bonds is 7. The van der Waals surface area contributed by atoms with E-state index in [1.807, 2.05) is 60.7 Å². The molecular weight excluding hydrogens is 536 g/mol. The zero-order valence-corrected chi connectivity index (χ0v) is 23.6. The van der Waals surface area contributed by atoms with Crippen molar-refractivity contribution in [3.63, 3.8) is 0 Å². The summed E-state index contributed by atoms with van der Waals surface area (Å²) >= 11 is 0. The Balaban J connectivity index is 1.66. The van der Waals surface area contributed by atoms with Crippen LogP contribution < -0.4 is 15.4 Å². The van der Waals surface area contributed by atoms with E-state index in [1.54, 1.807) is 31.3 Å². The van der Waals surface area contributed by atoms with Gasteiger partial charge >= 0.3 is 0 Å². The molecule has 3 aromatic carbocycles. The Kier molecular flexibility index (Phi) is 10.7. The Morgan fingerprint density at radius 1 is 0.929 bits per heavy atom. The molecule has 42 heavy (non-hydrogen) atoms. The molecule has 1 aliphatic heterocycles. The second-order valence-electron chi connectivity index (χ2n) is 10.1. The number of amides is 4. The number of carbonyl (C=O) groups excluding carboxylic acids is 4. The van der Waals surface area contributed by atoms with Crippen molar-refractivity contribution in [2.75, 3.05) is 33.4 Å². The molecule has 0 radical (unpaired) electrons. The van der Waals surface area contributed by atoms with Crippen molar-refractivity contribution in [1.29, 1.82) is 0 Å². The minimum absolute atomic E-state index is 0.00132. The van der Waals surface area contributed by atoms with Crippen molar-refractivity contribution in [2.45, 2.75) is 31.5 Å². The van der Waals surface area contributed by atoms with Crippen LogP contribution in [-0.4, -0.2) is 84.0 Å². The normalized spacial score (nSPS) is 18.1. The van der Waals surface area contributed by atoms with E-state index in [4.69, 9.17) is 4.74 Å². The van der Waals surface area contributed by atoms with E-state index in [2.05, 4.69) is 10.6 Å². The lowest BCUT2D eigenvalue weighted by Crippen LogP contribution is -2.54. The van der Waals surface area contributed by atoms with Crippen molar-refractivity contribution in [3.05, 3.63) is 102 Å². The molecule has 0 saturated heterocycles. The van der Waals surface area contributed by atoms with E-state index in [-0.39, 0.29) is 50.7 Å². The first-order valence-electron chi connectivity index (χ1n) is 13.9. The van der Waals surface area contributed by atoms with E-state index in [0.717, 1.165) is 11.1 Å². The number of nitrogens with one attached hydrogen (secondary N) is 2. The van der Waals surface area contributed by atoms with E-state index < -0.39 is 36.2 Å². The molecule has 1 heterocycles. The quantitative estimate of drug-likeness (QED) is 0.396. The second-order valence-corrected chi connectivity index (χ2v) is 10.1. The van der Waals surface area contributed by atoms with Crippen LogP contribution in [-0.2, 0) is 27.3 Å². The highest BCUT2D eigenvalue weighted by Gasteiger charge is 2.32. The van der Waals surface area contributed by atoms with Crippen LogP contribution >= 0.6 is 0 Å². The van der Waals surface area contributed by atoms with Crippen molar-refractivity contribution in [1.82, 2.24) is 20.4 Å². The van der Waals surface area contributed by atoms with Gasteiger partial charge in [0.15, 0.2) is 0 Å². The third-order valence-corrected chi connectivity index (χ3v) is 7.00. The summed E-state index contributed by atoms with van der Waals surface area (Å²) in [6, 6.07) is 23.0. The fourth-order valence-corrected chi connectivity index (χ4v) is 4.79.